The van der Waals surface area contributed by atoms with E-state index in [1.807, 2.05) is 38.1 Å². The molecule has 0 spiro atoms. The Balaban J connectivity index is 1.51. The fourth-order valence-electron chi connectivity index (χ4n) is 2.29. The van der Waals surface area contributed by atoms with Crippen LogP contribution in [0.25, 0.3) is 11.4 Å². The summed E-state index contributed by atoms with van der Waals surface area (Å²) in [6, 6.07) is 7.49. The molecule has 1 N–H and O–H groups in total. The maximum absolute atomic E-state index is 12.0. The molecule has 0 saturated carbocycles. The van der Waals surface area contributed by atoms with Crippen molar-refractivity contribution >= 4 is 5.91 Å². The monoisotopic (exact) mass is 341 g/mol. The number of benzene rings is 1. The lowest BCUT2D eigenvalue weighted by Gasteiger charge is -2.09. The first-order valence-corrected chi connectivity index (χ1v) is 8.02. The third-order valence-corrected chi connectivity index (χ3v) is 3.68. The number of amides is 1. The number of nitrogens with zero attached hydrogens (tertiary/aromatic N) is 6. The summed E-state index contributed by atoms with van der Waals surface area (Å²) in [5.74, 6) is 0.801. The van der Waals surface area contributed by atoms with Crippen molar-refractivity contribution in [3.63, 3.8) is 0 Å². The van der Waals surface area contributed by atoms with Crippen molar-refractivity contribution in [2.45, 2.75) is 39.3 Å². The molecule has 0 fully saturated rings. The second-order valence-electron chi connectivity index (χ2n) is 5.79. The molecule has 130 valence electrons. The highest BCUT2D eigenvalue weighted by Gasteiger charge is 2.17. The number of nitrogens with one attached hydrogen (secondary N) is 1. The van der Waals surface area contributed by atoms with Gasteiger partial charge >= 0.3 is 0 Å². The van der Waals surface area contributed by atoms with E-state index in [1.54, 1.807) is 4.68 Å². The molecule has 1 atom stereocenters. The van der Waals surface area contributed by atoms with E-state index in [0.29, 0.717) is 31.1 Å². The number of carbonyl (C=O) groups excluding carboxylic acids is 1. The van der Waals surface area contributed by atoms with E-state index in [0.717, 1.165) is 11.1 Å². The largest absolute Gasteiger partial charge is 0.345 e. The zero-order chi connectivity index (χ0) is 17.6. The molecular formula is C16H19N7O2. The molecule has 1 aromatic carbocycles. The molecule has 0 aliphatic carbocycles. The lowest BCUT2D eigenvalue weighted by molar-refractivity contribution is -0.122. The quantitative estimate of drug-likeness (QED) is 0.696. The predicted molar refractivity (Wildman–Crippen MR) is 88.1 cm³/mol. The summed E-state index contributed by atoms with van der Waals surface area (Å²) in [7, 11) is 0. The zero-order valence-corrected chi connectivity index (χ0v) is 14.1. The Morgan fingerprint density at radius 2 is 2.12 bits per heavy atom. The van der Waals surface area contributed by atoms with E-state index in [-0.39, 0.29) is 11.9 Å². The Morgan fingerprint density at radius 1 is 1.32 bits per heavy atom. The maximum atomic E-state index is 12.0. The van der Waals surface area contributed by atoms with Gasteiger partial charge in [0.25, 0.3) is 0 Å². The number of rotatable bonds is 7. The second-order valence-corrected chi connectivity index (χ2v) is 5.79. The van der Waals surface area contributed by atoms with Gasteiger partial charge in [-0.25, -0.2) is 4.68 Å². The van der Waals surface area contributed by atoms with Gasteiger partial charge in [0, 0.05) is 18.5 Å². The minimum absolute atomic E-state index is 0.0874. The summed E-state index contributed by atoms with van der Waals surface area (Å²) in [6.45, 7) is 4.42. The van der Waals surface area contributed by atoms with E-state index in [4.69, 9.17) is 4.52 Å². The first-order chi connectivity index (χ1) is 12.1. The Morgan fingerprint density at radius 3 is 2.84 bits per heavy atom. The molecule has 9 nitrogen and oxygen atoms in total. The summed E-state index contributed by atoms with van der Waals surface area (Å²) >= 11 is 0. The molecule has 0 aliphatic rings. The van der Waals surface area contributed by atoms with Crippen LogP contribution in [0.3, 0.4) is 0 Å². The summed E-state index contributed by atoms with van der Waals surface area (Å²) in [5.41, 5.74) is 2.04. The van der Waals surface area contributed by atoms with Gasteiger partial charge in [-0.15, -0.1) is 5.10 Å². The van der Waals surface area contributed by atoms with Crippen LogP contribution < -0.4 is 5.32 Å². The number of hydrogen-bond donors (Lipinski definition) is 1. The minimum Gasteiger partial charge on any atom is -0.345 e. The van der Waals surface area contributed by atoms with Crippen molar-refractivity contribution < 1.29 is 9.32 Å². The van der Waals surface area contributed by atoms with E-state index in [9.17, 15) is 4.79 Å². The van der Waals surface area contributed by atoms with E-state index < -0.39 is 0 Å². The number of hydrogen-bond acceptors (Lipinski definition) is 7. The van der Waals surface area contributed by atoms with Crippen LogP contribution in [0.2, 0.25) is 0 Å². The Hall–Kier alpha value is -3.10. The van der Waals surface area contributed by atoms with Crippen LogP contribution in [-0.2, 0) is 11.3 Å². The van der Waals surface area contributed by atoms with Crippen LogP contribution in [0.5, 0.6) is 0 Å². The van der Waals surface area contributed by atoms with Gasteiger partial charge in [-0.1, -0.05) is 35.0 Å². The van der Waals surface area contributed by atoms with Crippen LogP contribution in [-0.4, -0.2) is 36.3 Å². The van der Waals surface area contributed by atoms with E-state index in [2.05, 4.69) is 31.0 Å². The fourth-order valence-corrected chi connectivity index (χ4v) is 2.29. The van der Waals surface area contributed by atoms with Gasteiger partial charge in [0.2, 0.25) is 17.6 Å². The lowest BCUT2D eigenvalue weighted by atomic mass is 10.1. The van der Waals surface area contributed by atoms with Crippen molar-refractivity contribution in [3.05, 3.63) is 42.0 Å². The highest BCUT2D eigenvalue weighted by atomic mass is 16.5. The highest BCUT2D eigenvalue weighted by Crippen LogP contribution is 2.19. The number of aryl methyl sites for hydroxylation is 2. The molecule has 3 aromatic rings. The topological polar surface area (TPSA) is 112 Å². The van der Waals surface area contributed by atoms with E-state index in [1.165, 1.54) is 6.33 Å². The van der Waals surface area contributed by atoms with Gasteiger partial charge in [-0.05, 0) is 30.7 Å². The smallest absolute Gasteiger partial charge is 0.249 e. The third-order valence-electron chi connectivity index (χ3n) is 3.68. The lowest BCUT2D eigenvalue weighted by Crippen LogP contribution is -2.26. The molecule has 25 heavy (non-hydrogen) atoms. The highest BCUT2D eigenvalue weighted by molar-refractivity contribution is 5.76. The van der Waals surface area contributed by atoms with Gasteiger partial charge in [0.15, 0.2) is 0 Å². The van der Waals surface area contributed by atoms with Crippen LogP contribution >= 0.6 is 0 Å². The molecule has 0 bridgehead atoms. The summed E-state index contributed by atoms with van der Waals surface area (Å²) < 4.78 is 6.85. The predicted octanol–water partition coefficient (Wildman–Crippen LogP) is 1.69. The van der Waals surface area contributed by atoms with Crippen LogP contribution in [0.15, 0.2) is 35.1 Å². The average Bonchev–Trinajstić information content (AvgIpc) is 3.27. The minimum atomic E-state index is -0.354. The molecule has 0 radical (unpaired) electrons. The number of tetrazole rings is 1. The first kappa shape index (κ1) is 16.7. The fraction of sp³-hybridized carbons (Fsp3) is 0.375. The third kappa shape index (κ3) is 4.46. The molecule has 3 rings (SSSR count). The average molecular weight is 341 g/mol. The van der Waals surface area contributed by atoms with Gasteiger partial charge in [-0.2, -0.15) is 4.98 Å². The Labute approximate surface area is 144 Å². The first-order valence-electron chi connectivity index (χ1n) is 8.02. The molecule has 0 aliphatic heterocycles. The standard InChI is InChI=1S/C16H19N7O2/c1-11-5-7-13(8-6-11)15-19-16(25-20-15)12(2)18-14(24)4-3-9-23-10-17-21-22-23/h5-8,10,12H,3-4,9H2,1-2H3,(H,18,24). The molecule has 2 aromatic heterocycles. The van der Waals surface area contributed by atoms with Crippen molar-refractivity contribution in [3.8, 4) is 11.4 Å². The number of aromatic nitrogens is 6. The van der Waals surface area contributed by atoms with Crippen LogP contribution in [0, 0.1) is 6.92 Å². The molecule has 0 saturated heterocycles. The molecule has 2 heterocycles. The maximum Gasteiger partial charge on any atom is 0.249 e. The van der Waals surface area contributed by atoms with Crippen LogP contribution in [0.4, 0.5) is 0 Å². The summed E-state index contributed by atoms with van der Waals surface area (Å²) in [6.07, 6.45) is 2.52. The van der Waals surface area contributed by atoms with Gasteiger partial charge in [-0.3, -0.25) is 4.79 Å². The van der Waals surface area contributed by atoms with Crippen LogP contribution in [0.1, 0.15) is 37.3 Å². The van der Waals surface area contributed by atoms with Crippen molar-refractivity contribution in [1.29, 1.82) is 0 Å². The van der Waals surface area contributed by atoms with Gasteiger partial charge in [0.05, 0.1) is 0 Å². The molecule has 1 unspecified atom stereocenters. The molecule has 1 amide bonds. The number of carbonyl (C=O) groups is 1. The zero-order valence-electron chi connectivity index (χ0n) is 14.1. The van der Waals surface area contributed by atoms with Gasteiger partial charge in [0.1, 0.15) is 12.4 Å². The van der Waals surface area contributed by atoms with Crippen molar-refractivity contribution in [2.24, 2.45) is 0 Å². The molecular weight excluding hydrogens is 322 g/mol. The van der Waals surface area contributed by atoms with Crippen molar-refractivity contribution in [2.75, 3.05) is 0 Å². The van der Waals surface area contributed by atoms with E-state index >= 15 is 0 Å². The van der Waals surface area contributed by atoms with Crippen molar-refractivity contribution in [1.82, 2.24) is 35.7 Å². The Kier molecular flexibility index (Phi) is 5.12. The van der Waals surface area contributed by atoms with Gasteiger partial charge < -0.3 is 9.84 Å². The summed E-state index contributed by atoms with van der Waals surface area (Å²) in [5, 5.41) is 17.7. The Bertz CT molecular complexity index is 811. The summed E-state index contributed by atoms with van der Waals surface area (Å²) in [4.78, 5) is 16.4. The normalized spacial score (nSPS) is 12.1. The second kappa shape index (κ2) is 7.65. The SMILES string of the molecule is Cc1ccc(-c2noc(C(C)NC(=O)CCCn3cnnn3)n2)cc1. The molecule has 9 heteroatoms.